The van der Waals surface area contributed by atoms with Gasteiger partial charge >= 0.3 is 0 Å². The molecule has 3 atom stereocenters. The zero-order valence-electron chi connectivity index (χ0n) is 9.83. The molecular weight excluding hydrogens is 224 g/mol. The number of halogens is 2. The predicted molar refractivity (Wildman–Crippen MR) is 61.4 cm³/mol. The Morgan fingerprint density at radius 3 is 2.94 bits per heavy atom. The van der Waals surface area contributed by atoms with Gasteiger partial charge in [-0.05, 0) is 18.9 Å². The molecule has 2 nitrogen and oxygen atoms in total. The van der Waals surface area contributed by atoms with E-state index in [9.17, 15) is 8.78 Å². The molecule has 3 unspecified atom stereocenters. The molecule has 1 aromatic rings. The van der Waals surface area contributed by atoms with Gasteiger partial charge in [0.25, 0.3) is 0 Å². The Kier molecular flexibility index (Phi) is 3.74. The largest absolute Gasteiger partial charge is 0.378 e. The van der Waals surface area contributed by atoms with Gasteiger partial charge in [0, 0.05) is 24.1 Å². The highest BCUT2D eigenvalue weighted by molar-refractivity contribution is 5.23. The van der Waals surface area contributed by atoms with Crippen LogP contribution in [0.25, 0.3) is 0 Å². The molecule has 2 rings (SSSR count). The molecule has 1 heterocycles. The highest BCUT2D eigenvalue weighted by Gasteiger charge is 2.33. The standard InChI is InChI=1S/C13H17F2NO/c1-2-11-8(6-7-17-11)13(16)9-4-3-5-10(14)12(9)15/h3-5,8,11,13H,2,6-7,16H2,1H3. The molecule has 2 N–H and O–H groups in total. The summed E-state index contributed by atoms with van der Waals surface area (Å²) in [6.07, 6.45) is 1.69. The Hall–Kier alpha value is -1.00. The minimum absolute atomic E-state index is 0.0488. The summed E-state index contributed by atoms with van der Waals surface area (Å²) in [7, 11) is 0. The average Bonchev–Trinajstić information content (AvgIpc) is 2.80. The van der Waals surface area contributed by atoms with Crippen LogP contribution in [0.15, 0.2) is 18.2 Å². The molecule has 1 aromatic carbocycles. The summed E-state index contributed by atoms with van der Waals surface area (Å²) in [6, 6.07) is 3.64. The van der Waals surface area contributed by atoms with Crippen molar-refractivity contribution < 1.29 is 13.5 Å². The van der Waals surface area contributed by atoms with Crippen molar-refractivity contribution in [3.8, 4) is 0 Å². The van der Waals surface area contributed by atoms with Crippen molar-refractivity contribution in [3.63, 3.8) is 0 Å². The summed E-state index contributed by atoms with van der Waals surface area (Å²) in [5, 5.41) is 0. The van der Waals surface area contributed by atoms with Gasteiger partial charge in [0.2, 0.25) is 0 Å². The Morgan fingerprint density at radius 2 is 2.24 bits per heavy atom. The summed E-state index contributed by atoms with van der Waals surface area (Å²) < 4.78 is 32.3. The molecule has 0 bridgehead atoms. The SMILES string of the molecule is CCC1OCCC1C(N)c1cccc(F)c1F. The summed E-state index contributed by atoms with van der Waals surface area (Å²) in [5.74, 6) is -1.61. The Bertz CT molecular complexity index is 397. The van der Waals surface area contributed by atoms with Crippen LogP contribution in [0, 0.1) is 17.6 Å². The van der Waals surface area contributed by atoms with E-state index in [-0.39, 0.29) is 17.6 Å². The molecule has 4 heteroatoms. The lowest BCUT2D eigenvalue weighted by Crippen LogP contribution is -2.28. The molecule has 0 saturated carbocycles. The number of benzene rings is 1. The van der Waals surface area contributed by atoms with E-state index in [2.05, 4.69) is 0 Å². The van der Waals surface area contributed by atoms with Crippen LogP contribution in [0.3, 0.4) is 0 Å². The predicted octanol–water partition coefficient (Wildman–Crippen LogP) is 2.78. The maximum Gasteiger partial charge on any atom is 0.163 e. The second-order valence-corrected chi connectivity index (χ2v) is 4.44. The van der Waals surface area contributed by atoms with Gasteiger partial charge in [-0.15, -0.1) is 0 Å². The van der Waals surface area contributed by atoms with Crippen molar-refractivity contribution in [2.45, 2.75) is 31.9 Å². The van der Waals surface area contributed by atoms with Gasteiger partial charge in [-0.3, -0.25) is 0 Å². The van der Waals surface area contributed by atoms with Gasteiger partial charge in [0.1, 0.15) is 0 Å². The van der Waals surface area contributed by atoms with E-state index in [1.54, 1.807) is 6.07 Å². The molecule has 1 saturated heterocycles. The molecule has 0 spiro atoms. The Balaban J connectivity index is 2.24. The minimum Gasteiger partial charge on any atom is -0.378 e. The highest BCUT2D eigenvalue weighted by atomic mass is 19.2. The third-order valence-corrected chi connectivity index (χ3v) is 3.46. The van der Waals surface area contributed by atoms with Crippen LogP contribution < -0.4 is 5.73 Å². The summed E-state index contributed by atoms with van der Waals surface area (Å²) in [6.45, 7) is 2.66. The molecule has 0 radical (unpaired) electrons. The van der Waals surface area contributed by atoms with Crippen LogP contribution in [-0.2, 0) is 4.74 Å². The first-order chi connectivity index (χ1) is 8.15. The van der Waals surface area contributed by atoms with Crippen LogP contribution in [0.4, 0.5) is 8.78 Å². The number of hydrogen-bond donors (Lipinski definition) is 1. The van der Waals surface area contributed by atoms with Crippen LogP contribution in [-0.4, -0.2) is 12.7 Å². The quantitative estimate of drug-likeness (QED) is 0.883. The summed E-state index contributed by atoms with van der Waals surface area (Å²) >= 11 is 0. The highest BCUT2D eigenvalue weighted by Crippen LogP contribution is 2.34. The normalized spacial score (nSPS) is 26.1. The smallest absolute Gasteiger partial charge is 0.163 e. The average molecular weight is 241 g/mol. The molecular formula is C13H17F2NO. The van der Waals surface area contributed by atoms with Crippen LogP contribution in [0.5, 0.6) is 0 Å². The summed E-state index contributed by atoms with van der Waals surface area (Å²) in [5.41, 5.74) is 6.30. The number of hydrogen-bond acceptors (Lipinski definition) is 2. The lowest BCUT2D eigenvalue weighted by Gasteiger charge is -2.24. The van der Waals surface area contributed by atoms with Crippen molar-refractivity contribution in [1.29, 1.82) is 0 Å². The molecule has 1 aliphatic rings. The molecule has 0 aromatic heterocycles. The van der Waals surface area contributed by atoms with E-state index >= 15 is 0 Å². The van der Waals surface area contributed by atoms with E-state index in [4.69, 9.17) is 10.5 Å². The first kappa shape index (κ1) is 12.5. The Morgan fingerprint density at radius 1 is 1.47 bits per heavy atom. The van der Waals surface area contributed by atoms with Gasteiger partial charge in [0.15, 0.2) is 11.6 Å². The monoisotopic (exact) mass is 241 g/mol. The molecule has 0 aliphatic carbocycles. The van der Waals surface area contributed by atoms with Crippen LogP contribution in [0.1, 0.15) is 31.4 Å². The van der Waals surface area contributed by atoms with E-state index in [1.165, 1.54) is 6.07 Å². The van der Waals surface area contributed by atoms with E-state index in [0.717, 1.165) is 18.9 Å². The lowest BCUT2D eigenvalue weighted by atomic mass is 9.87. The zero-order valence-corrected chi connectivity index (χ0v) is 9.83. The van der Waals surface area contributed by atoms with Crippen molar-refractivity contribution in [1.82, 2.24) is 0 Å². The molecule has 94 valence electrons. The van der Waals surface area contributed by atoms with Crippen molar-refractivity contribution >= 4 is 0 Å². The van der Waals surface area contributed by atoms with E-state index < -0.39 is 17.7 Å². The van der Waals surface area contributed by atoms with Crippen molar-refractivity contribution in [2.75, 3.05) is 6.61 Å². The van der Waals surface area contributed by atoms with Gasteiger partial charge in [-0.25, -0.2) is 8.78 Å². The summed E-state index contributed by atoms with van der Waals surface area (Å²) in [4.78, 5) is 0. The Labute approximate surface area is 99.8 Å². The zero-order chi connectivity index (χ0) is 12.4. The third-order valence-electron chi connectivity index (χ3n) is 3.46. The fourth-order valence-corrected chi connectivity index (χ4v) is 2.50. The molecule has 17 heavy (non-hydrogen) atoms. The van der Waals surface area contributed by atoms with E-state index in [0.29, 0.717) is 6.61 Å². The third kappa shape index (κ3) is 2.33. The van der Waals surface area contributed by atoms with Gasteiger partial charge in [-0.1, -0.05) is 19.1 Å². The fraction of sp³-hybridized carbons (Fsp3) is 0.538. The van der Waals surface area contributed by atoms with E-state index in [1.807, 2.05) is 6.92 Å². The molecule has 1 aliphatic heterocycles. The second-order valence-electron chi connectivity index (χ2n) is 4.44. The number of nitrogens with two attached hydrogens (primary N) is 1. The first-order valence-electron chi connectivity index (χ1n) is 5.96. The van der Waals surface area contributed by atoms with Crippen LogP contribution in [0.2, 0.25) is 0 Å². The first-order valence-corrected chi connectivity index (χ1v) is 5.96. The van der Waals surface area contributed by atoms with Gasteiger partial charge in [-0.2, -0.15) is 0 Å². The number of ether oxygens (including phenoxy) is 1. The molecule has 1 fully saturated rings. The van der Waals surface area contributed by atoms with Crippen molar-refractivity contribution in [2.24, 2.45) is 11.7 Å². The maximum atomic E-state index is 13.6. The van der Waals surface area contributed by atoms with Gasteiger partial charge < -0.3 is 10.5 Å². The van der Waals surface area contributed by atoms with Gasteiger partial charge in [0.05, 0.1) is 6.10 Å². The number of rotatable bonds is 3. The topological polar surface area (TPSA) is 35.2 Å². The lowest BCUT2D eigenvalue weighted by molar-refractivity contribution is 0.0809. The maximum absolute atomic E-state index is 13.6. The molecule has 0 amide bonds. The minimum atomic E-state index is -0.843. The second kappa shape index (κ2) is 5.10. The van der Waals surface area contributed by atoms with Crippen molar-refractivity contribution in [3.05, 3.63) is 35.4 Å². The van der Waals surface area contributed by atoms with Crippen LogP contribution >= 0.6 is 0 Å². The fourth-order valence-electron chi connectivity index (χ4n) is 2.50.